The second-order valence-electron chi connectivity index (χ2n) is 4.90. The number of hydrogen-bond acceptors (Lipinski definition) is 6. The molecular formula is C13H21N3O2S. The second kappa shape index (κ2) is 5.88. The minimum absolute atomic E-state index is 0.315. The van der Waals surface area contributed by atoms with Crippen LogP contribution in [-0.4, -0.2) is 55.2 Å². The maximum Gasteiger partial charge on any atom is 0.358 e. The van der Waals surface area contributed by atoms with Crippen LogP contribution in [0.25, 0.3) is 0 Å². The molecular weight excluding hydrogens is 262 g/mol. The van der Waals surface area contributed by atoms with Gasteiger partial charge in [-0.2, -0.15) is 0 Å². The van der Waals surface area contributed by atoms with Crippen molar-refractivity contribution in [3.63, 3.8) is 0 Å². The second-order valence-corrected chi connectivity index (χ2v) is 6.08. The number of rotatable bonds is 3. The van der Waals surface area contributed by atoms with Crippen LogP contribution in [0.1, 0.15) is 29.2 Å². The molecule has 6 heteroatoms. The predicted molar refractivity (Wildman–Crippen MR) is 77.1 cm³/mol. The minimum Gasteiger partial charge on any atom is -0.461 e. The summed E-state index contributed by atoms with van der Waals surface area (Å²) in [5.74, 6) is -0.315. The van der Waals surface area contributed by atoms with Crippen LogP contribution in [0.15, 0.2) is 0 Å². The van der Waals surface area contributed by atoms with Crippen LogP contribution in [0.4, 0.5) is 5.13 Å². The highest BCUT2D eigenvalue weighted by Crippen LogP contribution is 2.27. The van der Waals surface area contributed by atoms with Crippen molar-refractivity contribution in [2.24, 2.45) is 0 Å². The van der Waals surface area contributed by atoms with Crippen molar-refractivity contribution in [2.75, 3.05) is 38.2 Å². The van der Waals surface area contributed by atoms with Gasteiger partial charge in [0.05, 0.1) is 6.61 Å². The van der Waals surface area contributed by atoms with Crippen molar-refractivity contribution in [3.8, 4) is 0 Å². The first-order chi connectivity index (χ1) is 9.02. The maximum absolute atomic E-state index is 11.8. The Morgan fingerprint density at radius 3 is 2.89 bits per heavy atom. The van der Waals surface area contributed by atoms with Crippen LogP contribution in [0, 0.1) is 6.92 Å². The van der Waals surface area contributed by atoms with Crippen molar-refractivity contribution < 1.29 is 9.53 Å². The Hall–Kier alpha value is -1.14. The van der Waals surface area contributed by atoms with Crippen LogP contribution in [0.3, 0.4) is 0 Å². The SMILES string of the molecule is CCOC(=O)c1nc(N2CCN(C)C(C)C2)sc1C. The Morgan fingerprint density at radius 1 is 1.53 bits per heavy atom. The number of carbonyl (C=O) groups is 1. The first kappa shape index (κ1) is 14.3. The third-order valence-electron chi connectivity index (χ3n) is 3.48. The van der Waals surface area contributed by atoms with Crippen molar-refractivity contribution >= 4 is 22.4 Å². The Morgan fingerprint density at radius 2 is 2.26 bits per heavy atom. The van der Waals surface area contributed by atoms with E-state index < -0.39 is 0 Å². The van der Waals surface area contributed by atoms with Crippen molar-refractivity contribution in [3.05, 3.63) is 10.6 Å². The average Bonchev–Trinajstić information content (AvgIpc) is 2.75. The first-order valence-corrected chi connectivity index (χ1v) is 7.44. The van der Waals surface area contributed by atoms with Gasteiger partial charge in [0.25, 0.3) is 0 Å². The van der Waals surface area contributed by atoms with Crippen LogP contribution < -0.4 is 4.90 Å². The van der Waals surface area contributed by atoms with E-state index >= 15 is 0 Å². The molecule has 2 rings (SSSR count). The quantitative estimate of drug-likeness (QED) is 0.791. The molecule has 0 N–H and O–H groups in total. The molecule has 0 bridgehead atoms. The molecule has 1 saturated heterocycles. The fourth-order valence-corrected chi connectivity index (χ4v) is 3.06. The van der Waals surface area contributed by atoms with Gasteiger partial charge in [-0.1, -0.05) is 0 Å². The minimum atomic E-state index is -0.315. The summed E-state index contributed by atoms with van der Waals surface area (Å²) in [6, 6.07) is 0.504. The van der Waals surface area contributed by atoms with Gasteiger partial charge in [-0.25, -0.2) is 9.78 Å². The lowest BCUT2D eigenvalue weighted by molar-refractivity contribution is 0.0519. The molecule has 0 amide bonds. The molecule has 0 radical (unpaired) electrons. The van der Waals surface area contributed by atoms with E-state index in [1.807, 2.05) is 13.8 Å². The molecule has 0 saturated carbocycles. The molecule has 0 aromatic carbocycles. The number of esters is 1. The van der Waals surface area contributed by atoms with Crippen LogP contribution in [0.2, 0.25) is 0 Å². The number of nitrogens with zero attached hydrogens (tertiary/aromatic N) is 3. The summed E-state index contributed by atoms with van der Waals surface area (Å²) in [6.07, 6.45) is 0. The molecule has 1 unspecified atom stereocenters. The Kier molecular flexibility index (Phi) is 4.42. The number of aryl methyl sites for hydroxylation is 1. The molecule has 0 aliphatic carbocycles. The fraction of sp³-hybridized carbons (Fsp3) is 0.692. The van der Waals surface area contributed by atoms with Gasteiger partial charge in [-0.05, 0) is 27.8 Å². The van der Waals surface area contributed by atoms with Gasteiger partial charge in [0, 0.05) is 30.6 Å². The molecule has 1 aliphatic rings. The molecule has 0 spiro atoms. The number of anilines is 1. The molecule has 1 aromatic heterocycles. The van der Waals surface area contributed by atoms with E-state index in [4.69, 9.17) is 4.74 Å². The fourth-order valence-electron chi connectivity index (χ4n) is 2.13. The lowest BCUT2D eigenvalue weighted by atomic mass is 10.2. The zero-order valence-electron chi connectivity index (χ0n) is 12.0. The summed E-state index contributed by atoms with van der Waals surface area (Å²) in [7, 11) is 2.14. The van der Waals surface area contributed by atoms with Gasteiger partial charge in [-0.3, -0.25) is 0 Å². The summed E-state index contributed by atoms with van der Waals surface area (Å²) < 4.78 is 5.03. The predicted octanol–water partition coefficient (Wildman–Crippen LogP) is 1.77. The number of piperazine rings is 1. The van der Waals surface area contributed by atoms with E-state index in [1.54, 1.807) is 11.3 Å². The molecule has 1 aromatic rings. The number of aromatic nitrogens is 1. The van der Waals surface area contributed by atoms with Gasteiger partial charge >= 0.3 is 5.97 Å². The normalized spacial score (nSPS) is 20.6. The van der Waals surface area contributed by atoms with Crippen molar-refractivity contribution in [2.45, 2.75) is 26.8 Å². The third-order valence-corrected chi connectivity index (χ3v) is 4.52. The topological polar surface area (TPSA) is 45.7 Å². The van der Waals surface area contributed by atoms with E-state index in [-0.39, 0.29) is 5.97 Å². The summed E-state index contributed by atoms with van der Waals surface area (Å²) >= 11 is 1.57. The lowest BCUT2D eigenvalue weighted by Crippen LogP contribution is -2.50. The van der Waals surface area contributed by atoms with Crippen molar-refractivity contribution in [1.29, 1.82) is 0 Å². The highest BCUT2D eigenvalue weighted by Gasteiger charge is 2.25. The van der Waals surface area contributed by atoms with E-state index in [0.717, 1.165) is 29.6 Å². The number of likely N-dealkylation sites (N-methyl/N-ethyl adjacent to an activating group) is 1. The Labute approximate surface area is 118 Å². The molecule has 1 aliphatic heterocycles. The largest absolute Gasteiger partial charge is 0.461 e. The Balaban J connectivity index is 2.14. The van der Waals surface area contributed by atoms with Gasteiger partial charge in [0.15, 0.2) is 10.8 Å². The van der Waals surface area contributed by atoms with Gasteiger partial charge in [-0.15, -0.1) is 11.3 Å². The van der Waals surface area contributed by atoms with E-state index in [2.05, 4.69) is 28.8 Å². The number of ether oxygens (including phenoxy) is 1. The summed E-state index contributed by atoms with van der Waals surface area (Å²) in [6.45, 7) is 9.25. The zero-order valence-corrected chi connectivity index (χ0v) is 12.8. The maximum atomic E-state index is 11.8. The number of thiazole rings is 1. The average molecular weight is 283 g/mol. The standard InChI is InChI=1S/C13H21N3O2S/c1-5-18-12(17)11-10(3)19-13(14-11)16-7-6-15(4)9(2)8-16/h9H,5-8H2,1-4H3. The highest BCUT2D eigenvalue weighted by atomic mass is 32.1. The molecule has 19 heavy (non-hydrogen) atoms. The third kappa shape index (κ3) is 3.06. The van der Waals surface area contributed by atoms with Gasteiger partial charge in [0.1, 0.15) is 0 Å². The van der Waals surface area contributed by atoms with E-state index in [9.17, 15) is 4.79 Å². The highest BCUT2D eigenvalue weighted by molar-refractivity contribution is 7.15. The molecule has 1 atom stereocenters. The van der Waals surface area contributed by atoms with Gasteiger partial charge in [0.2, 0.25) is 0 Å². The van der Waals surface area contributed by atoms with Crippen LogP contribution >= 0.6 is 11.3 Å². The Bertz CT molecular complexity index is 461. The molecule has 2 heterocycles. The first-order valence-electron chi connectivity index (χ1n) is 6.62. The monoisotopic (exact) mass is 283 g/mol. The molecule has 1 fully saturated rings. The molecule has 106 valence electrons. The number of carbonyl (C=O) groups excluding carboxylic acids is 1. The van der Waals surface area contributed by atoms with Crippen molar-refractivity contribution in [1.82, 2.24) is 9.88 Å². The van der Waals surface area contributed by atoms with E-state index in [1.165, 1.54) is 0 Å². The number of hydrogen-bond donors (Lipinski definition) is 0. The molecule has 5 nitrogen and oxygen atoms in total. The van der Waals surface area contributed by atoms with Gasteiger partial charge < -0.3 is 14.5 Å². The summed E-state index contributed by atoms with van der Waals surface area (Å²) in [5.41, 5.74) is 0.466. The van der Waals surface area contributed by atoms with E-state index in [0.29, 0.717) is 18.3 Å². The summed E-state index contributed by atoms with van der Waals surface area (Å²) in [4.78, 5) is 21.8. The van der Waals surface area contributed by atoms with Crippen LogP contribution in [-0.2, 0) is 4.74 Å². The zero-order chi connectivity index (χ0) is 14.0. The smallest absolute Gasteiger partial charge is 0.358 e. The summed E-state index contributed by atoms with van der Waals surface area (Å²) in [5, 5.41) is 0.931. The lowest BCUT2D eigenvalue weighted by Gasteiger charge is -2.37. The van der Waals surface area contributed by atoms with Crippen LogP contribution in [0.5, 0.6) is 0 Å².